The Hall–Kier alpha value is -3.28. The average Bonchev–Trinajstić information content (AvgIpc) is 3.08. The molecule has 0 aliphatic heterocycles. The zero-order valence-corrected chi connectivity index (χ0v) is 18.0. The predicted molar refractivity (Wildman–Crippen MR) is 113 cm³/mol. The maximum absolute atomic E-state index is 12.1. The number of aryl methyl sites for hydroxylation is 1. The molecule has 0 bridgehead atoms. The molecular weight excluding hydrogens is 417 g/mol. The zero-order valence-electron chi connectivity index (χ0n) is 16.8. The molecule has 0 radical (unpaired) electrons. The van der Waals surface area contributed by atoms with E-state index in [0.29, 0.717) is 17.8 Å². The standard InChI is InChI=1S/C13H15N3O.C10H8N2.Mn/c1-3-14-9-12-10(2)15-16(13(12)17)11-7-5-4-6-8-11;1-3-7-11-9(5-1)10-6-2-4-8-12-10;/h4-9,17H,3H2,1-2H3;1-8H;/q;;+3/p-1. The molecule has 0 spiro atoms. The molecule has 0 amide bonds. The van der Waals surface area contributed by atoms with Gasteiger partial charge in [-0.2, -0.15) is 5.10 Å². The summed E-state index contributed by atoms with van der Waals surface area (Å²) in [5.74, 6) is -0.120. The molecule has 7 heteroatoms. The average molecular weight is 439 g/mol. The normalized spacial score (nSPS) is 10.2. The minimum atomic E-state index is -0.120. The molecule has 6 nitrogen and oxygen atoms in total. The van der Waals surface area contributed by atoms with E-state index < -0.39 is 0 Å². The second kappa shape index (κ2) is 11.7. The van der Waals surface area contributed by atoms with Crippen LogP contribution in [-0.4, -0.2) is 32.5 Å². The fourth-order valence-electron chi connectivity index (χ4n) is 2.62. The first-order chi connectivity index (χ1) is 14.2. The maximum atomic E-state index is 12.1. The largest absolute Gasteiger partial charge is 3.00 e. The van der Waals surface area contributed by atoms with E-state index in [0.717, 1.165) is 17.1 Å². The molecule has 0 fully saturated rings. The third-order valence-corrected chi connectivity index (χ3v) is 4.06. The van der Waals surface area contributed by atoms with E-state index in [1.807, 2.05) is 80.6 Å². The predicted octanol–water partition coefficient (Wildman–Crippen LogP) is 3.83. The minimum Gasteiger partial charge on any atom is -0.858 e. The summed E-state index contributed by atoms with van der Waals surface area (Å²) < 4.78 is 1.41. The van der Waals surface area contributed by atoms with Crippen LogP contribution in [0.3, 0.4) is 0 Å². The van der Waals surface area contributed by atoms with E-state index in [-0.39, 0.29) is 22.9 Å². The Bertz CT molecular complexity index is 1010. The first kappa shape index (κ1) is 23.0. The van der Waals surface area contributed by atoms with Gasteiger partial charge in [0.15, 0.2) is 0 Å². The van der Waals surface area contributed by atoms with Crippen molar-refractivity contribution in [2.45, 2.75) is 13.8 Å². The minimum absolute atomic E-state index is 0. The van der Waals surface area contributed by atoms with Crippen LogP contribution in [-0.2, 0) is 17.1 Å². The number of hydrogen-bond donors (Lipinski definition) is 0. The van der Waals surface area contributed by atoms with Crippen molar-refractivity contribution in [3.8, 4) is 23.0 Å². The van der Waals surface area contributed by atoms with E-state index in [1.165, 1.54) is 4.68 Å². The van der Waals surface area contributed by atoms with Crippen molar-refractivity contribution in [1.29, 1.82) is 0 Å². The monoisotopic (exact) mass is 439 g/mol. The van der Waals surface area contributed by atoms with E-state index in [2.05, 4.69) is 20.1 Å². The van der Waals surface area contributed by atoms with Gasteiger partial charge in [0.1, 0.15) is 0 Å². The molecule has 0 atom stereocenters. The van der Waals surface area contributed by atoms with Crippen LogP contribution in [0.25, 0.3) is 17.1 Å². The molecule has 4 rings (SSSR count). The summed E-state index contributed by atoms with van der Waals surface area (Å²) in [5, 5.41) is 16.4. The third kappa shape index (κ3) is 5.86. The van der Waals surface area contributed by atoms with Crippen molar-refractivity contribution in [2.75, 3.05) is 6.54 Å². The van der Waals surface area contributed by atoms with Crippen LogP contribution in [0.15, 0.2) is 84.1 Å². The molecule has 0 saturated heterocycles. The van der Waals surface area contributed by atoms with Gasteiger partial charge >= 0.3 is 17.1 Å². The SMILES string of the molecule is CCN=Cc1c(C)nn(-c2ccccc2)c1[O-].[Mn+3].c1ccc(-c2ccccn2)nc1. The molecular formula is C23H22MnN5O+2. The molecule has 0 N–H and O–H groups in total. The van der Waals surface area contributed by atoms with Crippen molar-refractivity contribution in [3.05, 3.63) is 90.4 Å². The number of rotatable bonds is 4. The molecule has 0 unspecified atom stereocenters. The van der Waals surface area contributed by atoms with Gasteiger partial charge in [-0.1, -0.05) is 30.3 Å². The summed E-state index contributed by atoms with van der Waals surface area (Å²) in [4.78, 5) is 12.5. The number of aliphatic imine (C=N–C) groups is 1. The van der Waals surface area contributed by atoms with E-state index in [9.17, 15) is 5.11 Å². The molecule has 1 aromatic carbocycles. The number of hydrogen-bond acceptors (Lipinski definition) is 5. The van der Waals surface area contributed by atoms with Gasteiger partial charge in [-0.3, -0.25) is 15.0 Å². The Morgan fingerprint density at radius 2 is 1.47 bits per heavy atom. The van der Waals surface area contributed by atoms with Crippen LogP contribution in [0.1, 0.15) is 18.2 Å². The maximum Gasteiger partial charge on any atom is 3.00 e. The molecule has 30 heavy (non-hydrogen) atoms. The fourth-order valence-corrected chi connectivity index (χ4v) is 2.62. The molecule has 0 saturated carbocycles. The molecule has 0 aliphatic carbocycles. The van der Waals surface area contributed by atoms with Gasteiger partial charge in [-0.25, -0.2) is 4.68 Å². The third-order valence-electron chi connectivity index (χ3n) is 4.06. The first-order valence-corrected chi connectivity index (χ1v) is 9.35. The number of aromatic nitrogens is 4. The summed E-state index contributed by atoms with van der Waals surface area (Å²) in [5.41, 5.74) is 3.87. The van der Waals surface area contributed by atoms with Gasteiger partial charge in [-0.05, 0) is 50.2 Å². The van der Waals surface area contributed by atoms with Crippen LogP contribution in [0.4, 0.5) is 0 Å². The van der Waals surface area contributed by atoms with Crippen LogP contribution < -0.4 is 5.11 Å². The van der Waals surface area contributed by atoms with Crippen LogP contribution in [0.2, 0.25) is 0 Å². The number of pyridine rings is 2. The molecule has 3 aromatic heterocycles. The van der Waals surface area contributed by atoms with Crippen molar-refractivity contribution >= 4 is 6.21 Å². The van der Waals surface area contributed by atoms with E-state index in [1.54, 1.807) is 18.6 Å². The summed E-state index contributed by atoms with van der Waals surface area (Å²) >= 11 is 0. The van der Waals surface area contributed by atoms with Crippen molar-refractivity contribution in [3.63, 3.8) is 0 Å². The Kier molecular flexibility index (Phi) is 8.94. The number of para-hydroxylation sites is 1. The summed E-state index contributed by atoms with van der Waals surface area (Å²) in [7, 11) is 0. The second-order valence-corrected chi connectivity index (χ2v) is 6.11. The zero-order chi connectivity index (χ0) is 20.5. The summed E-state index contributed by atoms with van der Waals surface area (Å²) in [6, 6.07) is 21.0. The van der Waals surface area contributed by atoms with Gasteiger partial charge in [-0.15, -0.1) is 0 Å². The first-order valence-electron chi connectivity index (χ1n) is 9.35. The van der Waals surface area contributed by atoms with Gasteiger partial charge < -0.3 is 5.11 Å². The quantitative estimate of drug-likeness (QED) is 0.358. The van der Waals surface area contributed by atoms with Crippen LogP contribution in [0.5, 0.6) is 5.88 Å². The number of nitrogens with zero attached hydrogens (tertiary/aromatic N) is 5. The topological polar surface area (TPSA) is 79.0 Å². The van der Waals surface area contributed by atoms with Gasteiger partial charge in [0, 0.05) is 36.6 Å². The van der Waals surface area contributed by atoms with Crippen molar-refractivity contribution in [2.24, 2.45) is 4.99 Å². The van der Waals surface area contributed by atoms with E-state index >= 15 is 0 Å². The Morgan fingerprint density at radius 3 is 1.97 bits per heavy atom. The Balaban J connectivity index is 0.000000218. The molecule has 150 valence electrons. The second-order valence-electron chi connectivity index (χ2n) is 6.11. The van der Waals surface area contributed by atoms with Gasteiger partial charge in [0.05, 0.1) is 22.8 Å². The van der Waals surface area contributed by atoms with Gasteiger partial charge in [0.25, 0.3) is 0 Å². The Labute approximate surface area is 186 Å². The fraction of sp³-hybridized carbons (Fsp3) is 0.130. The van der Waals surface area contributed by atoms with E-state index in [4.69, 9.17) is 0 Å². The van der Waals surface area contributed by atoms with Gasteiger partial charge in [0.2, 0.25) is 0 Å². The smallest absolute Gasteiger partial charge is 0.858 e. The van der Waals surface area contributed by atoms with Crippen molar-refractivity contribution < 1.29 is 22.2 Å². The molecule has 4 aromatic rings. The van der Waals surface area contributed by atoms with Crippen molar-refractivity contribution in [1.82, 2.24) is 19.7 Å². The number of benzene rings is 1. The summed E-state index contributed by atoms with van der Waals surface area (Å²) in [6.45, 7) is 4.41. The van der Waals surface area contributed by atoms with Crippen LogP contribution in [0, 0.1) is 6.92 Å². The van der Waals surface area contributed by atoms with Crippen LogP contribution >= 0.6 is 0 Å². The summed E-state index contributed by atoms with van der Waals surface area (Å²) in [6.07, 6.45) is 5.14. The molecule has 3 heterocycles. The Morgan fingerprint density at radius 1 is 0.900 bits per heavy atom. The molecule has 0 aliphatic rings.